The van der Waals surface area contributed by atoms with Crippen LogP contribution in [0.4, 0.5) is 10.6 Å². The van der Waals surface area contributed by atoms with Gasteiger partial charge in [-0.05, 0) is 45.7 Å². The lowest BCUT2D eigenvalue weighted by Gasteiger charge is -2.25. The molecule has 0 radical (unpaired) electrons. The molecule has 122 valence electrons. The predicted octanol–water partition coefficient (Wildman–Crippen LogP) is 3.11. The second-order valence-corrected chi connectivity index (χ2v) is 6.15. The first-order valence-electron chi connectivity index (χ1n) is 7.98. The van der Waals surface area contributed by atoms with Gasteiger partial charge in [-0.15, -0.1) is 0 Å². The molecular weight excluding hydrogens is 290 g/mol. The Balaban J connectivity index is 1.82. The second-order valence-electron chi connectivity index (χ2n) is 6.15. The Bertz CT molecular complexity index is 737. The minimum Gasteiger partial charge on any atom is -0.317 e. The second kappa shape index (κ2) is 6.02. The number of urea groups is 1. The van der Waals surface area contributed by atoms with Gasteiger partial charge in [-0.25, -0.2) is 9.78 Å². The number of likely N-dealkylation sites (tertiary alicyclic amines) is 1. The van der Waals surface area contributed by atoms with E-state index in [1.165, 1.54) is 5.56 Å². The van der Waals surface area contributed by atoms with Crippen LogP contribution in [0.15, 0.2) is 18.2 Å². The molecule has 1 atom stereocenters. The highest BCUT2D eigenvalue weighted by Gasteiger charge is 2.33. The maximum absolute atomic E-state index is 12.7. The topological polar surface area (TPSA) is 63.1 Å². The SMILES string of the molecule is Cc1cccc(NC(=O)N2CCC[C@H]2c2c(C)nn(C)c2C)n1. The van der Waals surface area contributed by atoms with Gasteiger partial charge in [0.1, 0.15) is 5.82 Å². The fraction of sp³-hybridized carbons (Fsp3) is 0.471. The number of rotatable bonds is 2. The van der Waals surface area contributed by atoms with Crippen LogP contribution in [0.1, 0.15) is 41.5 Å². The number of hydrogen-bond acceptors (Lipinski definition) is 3. The summed E-state index contributed by atoms with van der Waals surface area (Å²) < 4.78 is 1.89. The van der Waals surface area contributed by atoms with Crippen molar-refractivity contribution in [2.24, 2.45) is 7.05 Å². The van der Waals surface area contributed by atoms with Crippen molar-refractivity contribution in [1.82, 2.24) is 19.7 Å². The van der Waals surface area contributed by atoms with Crippen LogP contribution < -0.4 is 5.32 Å². The summed E-state index contributed by atoms with van der Waals surface area (Å²) in [5.41, 5.74) is 4.20. The Morgan fingerprint density at radius 3 is 2.74 bits per heavy atom. The number of nitrogens with zero attached hydrogens (tertiary/aromatic N) is 4. The molecule has 6 nitrogen and oxygen atoms in total. The predicted molar refractivity (Wildman–Crippen MR) is 89.4 cm³/mol. The average molecular weight is 313 g/mol. The molecule has 0 bridgehead atoms. The van der Waals surface area contributed by atoms with Crippen LogP contribution in [-0.2, 0) is 7.05 Å². The molecule has 1 N–H and O–H groups in total. The molecule has 1 aliphatic heterocycles. The number of aryl methyl sites for hydroxylation is 3. The minimum atomic E-state index is -0.0896. The minimum absolute atomic E-state index is 0.0896. The first-order chi connectivity index (χ1) is 11.0. The molecule has 1 saturated heterocycles. The molecule has 1 fully saturated rings. The third-order valence-corrected chi connectivity index (χ3v) is 4.54. The molecule has 2 amide bonds. The van der Waals surface area contributed by atoms with E-state index in [0.717, 1.165) is 36.5 Å². The molecule has 3 heterocycles. The number of pyridine rings is 1. The van der Waals surface area contributed by atoms with E-state index < -0.39 is 0 Å². The summed E-state index contributed by atoms with van der Waals surface area (Å²) in [6.45, 7) is 6.75. The van der Waals surface area contributed by atoms with Crippen molar-refractivity contribution < 1.29 is 4.79 Å². The van der Waals surface area contributed by atoms with E-state index in [0.29, 0.717) is 5.82 Å². The molecule has 23 heavy (non-hydrogen) atoms. The summed E-state index contributed by atoms with van der Waals surface area (Å²) in [6, 6.07) is 5.63. The summed E-state index contributed by atoms with van der Waals surface area (Å²) in [4.78, 5) is 18.9. The summed E-state index contributed by atoms with van der Waals surface area (Å²) in [7, 11) is 1.95. The van der Waals surface area contributed by atoms with Crippen molar-refractivity contribution in [3.05, 3.63) is 40.8 Å². The smallest absolute Gasteiger partial charge is 0.317 e. The van der Waals surface area contributed by atoms with Crippen LogP contribution in [-0.4, -0.2) is 32.2 Å². The standard InChI is InChI=1S/C17H23N5O/c1-11-7-5-9-15(18-11)19-17(23)22-10-6-8-14(22)16-12(2)20-21(4)13(16)3/h5,7,9,14H,6,8,10H2,1-4H3,(H,18,19,23)/t14-/m0/s1. The summed E-state index contributed by atoms with van der Waals surface area (Å²) >= 11 is 0. The lowest BCUT2D eigenvalue weighted by molar-refractivity contribution is 0.206. The van der Waals surface area contributed by atoms with Gasteiger partial charge in [0.2, 0.25) is 0 Å². The van der Waals surface area contributed by atoms with E-state index in [2.05, 4.69) is 22.3 Å². The number of aromatic nitrogens is 3. The normalized spacial score (nSPS) is 17.6. The molecule has 2 aromatic rings. The van der Waals surface area contributed by atoms with Crippen molar-refractivity contribution in [3.63, 3.8) is 0 Å². The Labute approximate surface area is 136 Å². The van der Waals surface area contributed by atoms with Crippen molar-refractivity contribution in [2.75, 3.05) is 11.9 Å². The highest BCUT2D eigenvalue weighted by atomic mass is 16.2. The molecular formula is C17H23N5O. The zero-order valence-electron chi connectivity index (χ0n) is 14.1. The largest absolute Gasteiger partial charge is 0.323 e. The van der Waals surface area contributed by atoms with Gasteiger partial charge in [0.25, 0.3) is 0 Å². The highest BCUT2D eigenvalue weighted by molar-refractivity contribution is 5.88. The van der Waals surface area contributed by atoms with E-state index >= 15 is 0 Å². The molecule has 0 saturated carbocycles. The Kier molecular flexibility index (Phi) is 4.07. The fourth-order valence-corrected chi connectivity index (χ4v) is 3.38. The zero-order valence-corrected chi connectivity index (χ0v) is 14.1. The monoisotopic (exact) mass is 313 g/mol. The van der Waals surface area contributed by atoms with Gasteiger partial charge in [-0.1, -0.05) is 6.07 Å². The van der Waals surface area contributed by atoms with E-state index in [1.807, 2.05) is 48.7 Å². The molecule has 0 aromatic carbocycles. The first-order valence-corrected chi connectivity index (χ1v) is 7.98. The van der Waals surface area contributed by atoms with Gasteiger partial charge < -0.3 is 4.90 Å². The maximum atomic E-state index is 12.7. The number of anilines is 1. The van der Waals surface area contributed by atoms with Gasteiger partial charge in [0.05, 0.1) is 11.7 Å². The Hall–Kier alpha value is -2.37. The van der Waals surface area contributed by atoms with E-state index in [4.69, 9.17) is 0 Å². The van der Waals surface area contributed by atoms with Gasteiger partial charge >= 0.3 is 6.03 Å². The van der Waals surface area contributed by atoms with Crippen LogP contribution in [0.2, 0.25) is 0 Å². The molecule has 2 aromatic heterocycles. The van der Waals surface area contributed by atoms with Crippen LogP contribution in [0.25, 0.3) is 0 Å². The third kappa shape index (κ3) is 2.93. The number of hydrogen-bond donors (Lipinski definition) is 1. The highest BCUT2D eigenvalue weighted by Crippen LogP contribution is 2.35. The molecule has 0 aliphatic carbocycles. The number of nitrogens with one attached hydrogen (secondary N) is 1. The van der Waals surface area contributed by atoms with Gasteiger partial charge in [0, 0.05) is 30.5 Å². The quantitative estimate of drug-likeness (QED) is 0.926. The van der Waals surface area contributed by atoms with Crippen molar-refractivity contribution in [2.45, 2.75) is 39.7 Å². The summed E-state index contributed by atoms with van der Waals surface area (Å²) in [5, 5.41) is 7.41. The molecule has 3 rings (SSSR count). The molecule has 0 spiro atoms. The molecule has 0 unspecified atom stereocenters. The van der Waals surface area contributed by atoms with Gasteiger partial charge in [-0.3, -0.25) is 10.00 Å². The maximum Gasteiger partial charge on any atom is 0.323 e. The number of carbonyl (C=O) groups is 1. The van der Waals surface area contributed by atoms with Crippen LogP contribution in [0.5, 0.6) is 0 Å². The van der Waals surface area contributed by atoms with E-state index in [-0.39, 0.29) is 12.1 Å². The van der Waals surface area contributed by atoms with Crippen LogP contribution in [0, 0.1) is 20.8 Å². The third-order valence-electron chi connectivity index (χ3n) is 4.54. The summed E-state index contributed by atoms with van der Waals surface area (Å²) in [5.74, 6) is 0.597. The number of amides is 2. The van der Waals surface area contributed by atoms with Gasteiger partial charge in [-0.2, -0.15) is 5.10 Å². The summed E-state index contributed by atoms with van der Waals surface area (Å²) in [6.07, 6.45) is 1.98. The molecule has 6 heteroatoms. The van der Waals surface area contributed by atoms with Gasteiger partial charge in [0.15, 0.2) is 0 Å². The van der Waals surface area contributed by atoms with Crippen molar-refractivity contribution in [3.8, 4) is 0 Å². The Morgan fingerprint density at radius 1 is 1.30 bits per heavy atom. The van der Waals surface area contributed by atoms with E-state index in [9.17, 15) is 4.79 Å². The van der Waals surface area contributed by atoms with Crippen LogP contribution in [0.3, 0.4) is 0 Å². The van der Waals surface area contributed by atoms with E-state index in [1.54, 1.807) is 0 Å². The zero-order chi connectivity index (χ0) is 16.6. The van der Waals surface area contributed by atoms with Crippen LogP contribution >= 0.6 is 0 Å². The lowest BCUT2D eigenvalue weighted by Crippen LogP contribution is -2.35. The lowest BCUT2D eigenvalue weighted by atomic mass is 10.0. The number of carbonyl (C=O) groups excluding carboxylic acids is 1. The first kappa shape index (κ1) is 15.5. The fourth-order valence-electron chi connectivity index (χ4n) is 3.38. The molecule has 1 aliphatic rings. The Morgan fingerprint density at radius 2 is 2.09 bits per heavy atom. The van der Waals surface area contributed by atoms with Crippen molar-refractivity contribution in [1.29, 1.82) is 0 Å². The average Bonchev–Trinajstić information content (AvgIpc) is 3.04. The van der Waals surface area contributed by atoms with Crippen molar-refractivity contribution >= 4 is 11.8 Å².